The van der Waals surface area contributed by atoms with Crippen LogP contribution in [0, 0.1) is 25.9 Å². The smallest absolute Gasteiger partial charge is 0 e. The van der Waals surface area contributed by atoms with E-state index in [1.165, 1.54) is 52.9 Å². The maximum absolute atomic E-state index is 7.38. The quantitative estimate of drug-likeness (QED) is 0.127. The summed E-state index contributed by atoms with van der Waals surface area (Å²) in [5, 5.41) is 2.61. The van der Waals surface area contributed by atoms with Gasteiger partial charge in [-0.3, -0.25) is 0 Å². The zero-order valence-electron chi connectivity index (χ0n) is 30.6. The number of aromatic nitrogens is 2. The molecule has 0 amide bonds. The summed E-state index contributed by atoms with van der Waals surface area (Å²) in [6.07, 6.45) is 3.90. The summed E-state index contributed by atoms with van der Waals surface area (Å²) in [5.41, 5.74) is 9.20. The summed E-state index contributed by atoms with van der Waals surface area (Å²) in [5.74, 6) is 7.52. The number of benzene rings is 4. The van der Waals surface area contributed by atoms with Gasteiger partial charge in [-0.15, -0.1) is 23.8 Å². The van der Waals surface area contributed by atoms with Crippen LogP contribution in [-0.2, 0) is 20.1 Å². The van der Waals surface area contributed by atoms with E-state index in [0.717, 1.165) is 22.5 Å². The summed E-state index contributed by atoms with van der Waals surface area (Å²) in [7, 11) is 0. The minimum Gasteiger partial charge on any atom is 0 e. The van der Waals surface area contributed by atoms with Crippen LogP contribution in [0.4, 0.5) is 0 Å². The second-order valence-electron chi connectivity index (χ2n) is 13.0. The van der Waals surface area contributed by atoms with E-state index in [4.69, 9.17) is 4.11 Å². The molecule has 0 aliphatic carbocycles. The van der Waals surface area contributed by atoms with Crippen LogP contribution in [0.3, 0.4) is 0 Å². The normalized spacial score (nSPS) is 12.5. The molecule has 239 valence electrons. The molecule has 0 fully saturated rings. The predicted molar refractivity (Wildman–Crippen MR) is 202 cm³/mol. The number of fused-ring (bicyclic) bond motifs is 3. The summed E-state index contributed by atoms with van der Waals surface area (Å²) in [4.78, 5) is 9.21. The molecule has 4 aromatic carbocycles. The second-order valence-corrected chi connectivity index (χ2v) is 24.6. The Kier molecular flexibility index (Phi) is 9.72. The van der Waals surface area contributed by atoms with Gasteiger partial charge in [0, 0.05) is 31.0 Å². The Morgan fingerprint density at radius 1 is 0.851 bits per heavy atom. The summed E-state index contributed by atoms with van der Waals surface area (Å²) < 4.78 is 26.1. The fraction of sp³-hybridized carbons (Fsp3) is 0.190. The standard InChI is InChI=1S/C26H20NS.C16H20GeN.Ir/c1-17(2)19-14-15-27-23(16-19)21-11-6-12-22-25-20(18-8-4-3-5-9-18)10-7-13-24(25)28-26(21)22;1-12-6-8-14(9-7-12)16-10-13(2)15(11-18-16)17(3,4)5;/h3-10,12-17H,1-2H3;6-8,10-11H,1-5H3;/q2*-1;/i;1D3;. The summed E-state index contributed by atoms with van der Waals surface area (Å²) in [6.45, 7) is 4.47. The van der Waals surface area contributed by atoms with E-state index < -0.39 is 20.1 Å². The molecule has 2 nitrogen and oxygen atoms in total. The van der Waals surface area contributed by atoms with E-state index in [9.17, 15) is 0 Å². The van der Waals surface area contributed by atoms with Crippen molar-refractivity contribution in [3.63, 3.8) is 0 Å². The van der Waals surface area contributed by atoms with Crippen molar-refractivity contribution < 1.29 is 24.2 Å². The maximum atomic E-state index is 7.38. The molecule has 0 unspecified atom stereocenters. The van der Waals surface area contributed by atoms with Crippen molar-refractivity contribution in [2.75, 3.05) is 0 Å². The average molecular weight is 873 g/mol. The Morgan fingerprint density at radius 3 is 2.34 bits per heavy atom. The molecule has 0 spiro atoms. The van der Waals surface area contributed by atoms with E-state index >= 15 is 0 Å². The summed E-state index contributed by atoms with van der Waals surface area (Å²) >= 11 is -0.0526. The van der Waals surface area contributed by atoms with Gasteiger partial charge in [0.2, 0.25) is 0 Å². The van der Waals surface area contributed by atoms with Gasteiger partial charge in [-0.05, 0) is 45.0 Å². The van der Waals surface area contributed by atoms with E-state index in [2.05, 4.69) is 133 Å². The van der Waals surface area contributed by atoms with Crippen LogP contribution in [-0.4, -0.2) is 23.2 Å². The zero-order chi connectivity index (χ0) is 34.9. The van der Waals surface area contributed by atoms with Gasteiger partial charge in [-0.2, -0.15) is 11.3 Å². The minimum absolute atomic E-state index is 0. The monoisotopic (exact) mass is 874 g/mol. The van der Waals surface area contributed by atoms with Crippen LogP contribution in [0.5, 0.6) is 0 Å². The molecule has 7 rings (SSSR count). The van der Waals surface area contributed by atoms with Gasteiger partial charge in [0.05, 0.1) is 0 Å². The molecule has 3 heterocycles. The van der Waals surface area contributed by atoms with Crippen molar-refractivity contribution in [3.8, 4) is 33.6 Å². The number of hydrogen-bond donors (Lipinski definition) is 0. The van der Waals surface area contributed by atoms with Crippen molar-refractivity contribution in [2.45, 2.75) is 50.8 Å². The molecule has 1 radical (unpaired) electrons. The molecule has 0 aliphatic heterocycles. The molecule has 0 bridgehead atoms. The van der Waals surface area contributed by atoms with Gasteiger partial charge in [0.1, 0.15) is 0 Å². The number of rotatable bonds is 5. The fourth-order valence-electron chi connectivity index (χ4n) is 5.85. The first-order chi connectivity index (χ1) is 23.3. The molecule has 0 aliphatic rings. The van der Waals surface area contributed by atoms with Gasteiger partial charge in [-0.25, -0.2) is 0 Å². The zero-order valence-corrected chi connectivity index (χ0v) is 32.9. The SMILES string of the molecule is CC(C)c1ccnc(-c2[c-]ccc3c2sc2cccc(-c4ccccc4)c23)c1.[2H]C([2H])([2H])c1c[c-]c(-c2cc(C)[c]([Ge]([CH3])([CH3])[CH3])cn2)cc1.[Ir]. The predicted octanol–water partition coefficient (Wildman–Crippen LogP) is 11.4. The molecular formula is C42H40GeIrN2S-2. The molecule has 0 atom stereocenters. The molecule has 47 heavy (non-hydrogen) atoms. The van der Waals surface area contributed by atoms with Crippen LogP contribution in [0.15, 0.2) is 109 Å². The molecule has 5 heteroatoms. The largest absolute Gasteiger partial charge is 0 e. The first kappa shape index (κ1) is 30.9. The Bertz CT molecular complexity index is 2240. The Hall–Kier alpha value is -3.41. The first-order valence-electron chi connectivity index (χ1n) is 17.2. The fourth-order valence-corrected chi connectivity index (χ4v) is 10.7. The molecule has 3 aromatic heterocycles. The van der Waals surface area contributed by atoms with Crippen LogP contribution in [0.25, 0.3) is 53.8 Å². The van der Waals surface area contributed by atoms with Crippen LogP contribution < -0.4 is 4.40 Å². The van der Waals surface area contributed by atoms with Gasteiger partial charge >= 0.3 is 117 Å². The van der Waals surface area contributed by atoms with Crippen LogP contribution in [0.1, 0.15) is 40.6 Å². The average Bonchev–Trinajstić information content (AvgIpc) is 3.47. The molecule has 0 saturated carbocycles. The maximum Gasteiger partial charge on any atom is 0 e. The summed E-state index contributed by atoms with van der Waals surface area (Å²) in [6, 6.07) is 39.3. The molecule has 0 saturated heterocycles. The van der Waals surface area contributed by atoms with Crippen molar-refractivity contribution in [3.05, 3.63) is 138 Å². The van der Waals surface area contributed by atoms with E-state index in [-0.39, 0.29) is 20.1 Å². The molecule has 7 aromatic rings. The Labute approximate surface area is 304 Å². The van der Waals surface area contributed by atoms with E-state index in [0.29, 0.717) is 11.5 Å². The third kappa shape index (κ3) is 7.68. The number of nitrogens with zero attached hydrogens (tertiary/aromatic N) is 2. The number of pyridine rings is 2. The van der Waals surface area contributed by atoms with Gasteiger partial charge in [0.25, 0.3) is 0 Å². The first-order valence-corrected chi connectivity index (χ1v) is 23.8. The Morgan fingerprint density at radius 2 is 1.66 bits per heavy atom. The second kappa shape index (κ2) is 14.8. The Balaban J connectivity index is 0.000000199. The molecular weight excluding hydrogens is 829 g/mol. The molecule has 0 N–H and O–H groups in total. The van der Waals surface area contributed by atoms with E-state index in [1.807, 2.05) is 29.8 Å². The van der Waals surface area contributed by atoms with Crippen molar-refractivity contribution >= 4 is 49.2 Å². The van der Waals surface area contributed by atoms with Gasteiger partial charge in [0.15, 0.2) is 0 Å². The van der Waals surface area contributed by atoms with Crippen molar-refractivity contribution in [1.29, 1.82) is 0 Å². The number of hydrogen-bond acceptors (Lipinski definition) is 3. The van der Waals surface area contributed by atoms with Crippen LogP contribution >= 0.6 is 11.3 Å². The van der Waals surface area contributed by atoms with Crippen molar-refractivity contribution in [2.24, 2.45) is 0 Å². The van der Waals surface area contributed by atoms with Crippen LogP contribution in [0.2, 0.25) is 17.3 Å². The minimum atomic E-state index is -2.08. The van der Waals surface area contributed by atoms with Crippen molar-refractivity contribution in [1.82, 2.24) is 9.97 Å². The number of thiophene rings is 1. The topological polar surface area (TPSA) is 25.8 Å². The number of aryl methyl sites for hydroxylation is 2. The van der Waals surface area contributed by atoms with Gasteiger partial charge < -0.3 is 4.98 Å². The van der Waals surface area contributed by atoms with Gasteiger partial charge in [-0.1, -0.05) is 73.3 Å². The third-order valence-corrected chi connectivity index (χ3v) is 13.9. The van der Waals surface area contributed by atoms with E-state index in [1.54, 1.807) is 12.1 Å². The third-order valence-electron chi connectivity index (χ3n) is 8.26.